The van der Waals surface area contributed by atoms with Crippen molar-refractivity contribution in [3.8, 4) is 11.8 Å². The van der Waals surface area contributed by atoms with Crippen LogP contribution in [0.1, 0.15) is 49.6 Å². The summed E-state index contributed by atoms with van der Waals surface area (Å²) >= 11 is 0. The van der Waals surface area contributed by atoms with Crippen molar-refractivity contribution in [1.82, 2.24) is 9.97 Å². The SMILES string of the molecule is Cc1cc(C)c(C=O)c(OCc2ccccc2)n1.Cc1cc(C)c(CO)c(OCc2ccccc2)n1. The van der Waals surface area contributed by atoms with Gasteiger partial charge in [-0.3, -0.25) is 4.79 Å². The molecule has 6 nitrogen and oxygen atoms in total. The number of aliphatic hydroxyl groups is 1. The molecule has 0 aliphatic carbocycles. The summed E-state index contributed by atoms with van der Waals surface area (Å²) in [5, 5.41) is 9.37. The maximum absolute atomic E-state index is 11.1. The minimum atomic E-state index is -0.0523. The number of hydrogen-bond acceptors (Lipinski definition) is 6. The number of carbonyl (C=O) groups is 1. The number of pyridine rings is 2. The van der Waals surface area contributed by atoms with Crippen molar-refractivity contribution in [3.05, 3.63) is 118 Å². The Morgan fingerprint density at radius 2 is 1.19 bits per heavy atom. The van der Waals surface area contributed by atoms with Crippen molar-refractivity contribution in [3.63, 3.8) is 0 Å². The number of aromatic nitrogens is 2. The number of aldehydes is 1. The fraction of sp³-hybridized carbons (Fsp3) is 0.233. The third-order valence-corrected chi connectivity index (χ3v) is 5.51. The molecule has 0 bridgehead atoms. The van der Waals surface area contributed by atoms with E-state index in [1.165, 1.54) is 0 Å². The first-order valence-corrected chi connectivity index (χ1v) is 11.8. The lowest BCUT2D eigenvalue weighted by Gasteiger charge is -2.12. The largest absolute Gasteiger partial charge is 0.473 e. The number of hydrogen-bond donors (Lipinski definition) is 1. The molecule has 0 radical (unpaired) electrons. The van der Waals surface area contributed by atoms with E-state index in [-0.39, 0.29) is 6.61 Å². The second-order valence-corrected chi connectivity index (χ2v) is 8.49. The molecule has 0 saturated heterocycles. The number of nitrogens with zero attached hydrogens (tertiary/aromatic N) is 2. The van der Waals surface area contributed by atoms with Gasteiger partial charge in [0.2, 0.25) is 11.8 Å². The van der Waals surface area contributed by atoms with E-state index in [4.69, 9.17) is 9.47 Å². The van der Waals surface area contributed by atoms with Crippen LogP contribution < -0.4 is 9.47 Å². The van der Waals surface area contributed by atoms with Gasteiger partial charge in [-0.2, -0.15) is 0 Å². The summed E-state index contributed by atoms with van der Waals surface area (Å²) in [5.74, 6) is 0.935. The minimum Gasteiger partial charge on any atom is -0.473 e. The average molecular weight is 485 g/mol. The highest BCUT2D eigenvalue weighted by atomic mass is 16.5. The Bertz CT molecular complexity index is 1280. The minimum absolute atomic E-state index is 0.0523. The number of ether oxygens (including phenoxy) is 2. The molecule has 186 valence electrons. The number of carbonyl (C=O) groups excluding carboxylic acids is 1. The molecule has 4 aromatic rings. The Balaban J connectivity index is 0.000000201. The van der Waals surface area contributed by atoms with Crippen molar-refractivity contribution < 1.29 is 19.4 Å². The Morgan fingerprint density at radius 3 is 1.69 bits per heavy atom. The van der Waals surface area contributed by atoms with E-state index in [1.807, 2.05) is 100 Å². The van der Waals surface area contributed by atoms with Gasteiger partial charge in [-0.1, -0.05) is 60.7 Å². The quantitative estimate of drug-likeness (QED) is 0.316. The lowest BCUT2D eigenvalue weighted by Crippen LogP contribution is -2.03. The van der Waals surface area contributed by atoms with Crippen molar-refractivity contribution in [2.24, 2.45) is 0 Å². The molecule has 0 aliphatic rings. The van der Waals surface area contributed by atoms with Gasteiger partial charge in [0.05, 0.1) is 12.2 Å². The van der Waals surface area contributed by atoms with Gasteiger partial charge in [-0.05, 0) is 62.1 Å². The Kier molecular flexibility index (Phi) is 9.72. The first-order chi connectivity index (χ1) is 17.4. The van der Waals surface area contributed by atoms with Crippen molar-refractivity contribution in [2.75, 3.05) is 0 Å². The molecule has 0 spiro atoms. The van der Waals surface area contributed by atoms with Crippen molar-refractivity contribution in [2.45, 2.75) is 47.5 Å². The van der Waals surface area contributed by atoms with Gasteiger partial charge < -0.3 is 14.6 Å². The van der Waals surface area contributed by atoms with E-state index in [0.717, 1.165) is 45.5 Å². The number of aryl methyl sites for hydroxylation is 4. The molecule has 6 heteroatoms. The van der Waals surface area contributed by atoms with Crippen LogP contribution in [-0.2, 0) is 19.8 Å². The van der Waals surface area contributed by atoms with E-state index in [1.54, 1.807) is 0 Å². The Hall–Kier alpha value is -4.03. The molecule has 0 amide bonds. The summed E-state index contributed by atoms with van der Waals surface area (Å²) < 4.78 is 11.3. The Labute approximate surface area is 212 Å². The van der Waals surface area contributed by atoms with Gasteiger partial charge in [0, 0.05) is 17.0 Å². The summed E-state index contributed by atoms with van der Waals surface area (Å²) in [4.78, 5) is 19.7. The zero-order valence-corrected chi connectivity index (χ0v) is 21.2. The third kappa shape index (κ3) is 7.48. The van der Waals surface area contributed by atoms with Crippen LogP contribution in [0.25, 0.3) is 0 Å². The molecule has 2 heterocycles. The predicted octanol–water partition coefficient (Wildman–Crippen LogP) is 5.86. The van der Waals surface area contributed by atoms with Gasteiger partial charge in [-0.25, -0.2) is 9.97 Å². The highest BCUT2D eigenvalue weighted by molar-refractivity contribution is 5.80. The van der Waals surface area contributed by atoms with Gasteiger partial charge in [0.1, 0.15) is 13.2 Å². The first-order valence-electron chi connectivity index (χ1n) is 11.8. The van der Waals surface area contributed by atoms with E-state index in [2.05, 4.69) is 9.97 Å². The molecule has 36 heavy (non-hydrogen) atoms. The number of rotatable bonds is 8. The normalized spacial score (nSPS) is 10.2. The molecule has 0 saturated carbocycles. The van der Waals surface area contributed by atoms with Gasteiger partial charge in [0.15, 0.2) is 6.29 Å². The first kappa shape index (κ1) is 26.6. The Morgan fingerprint density at radius 1 is 0.722 bits per heavy atom. The molecule has 0 fully saturated rings. The zero-order chi connectivity index (χ0) is 25.9. The summed E-state index contributed by atoms with van der Waals surface area (Å²) in [6, 6.07) is 23.5. The van der Waals surface area contributed by atoms with Crippen LogP contribution in [0.15, 0.2) is 72.8 Å². The summed E-state index contributed by atoms with van der Waals surface area (Å²) in [6.07, 6.45) is 0.794. The third-order valence-electron chi connectivity index (χ3n) is 5.51. The molecular weight excluding hydrogens is 452 g/mol. The molecule has 2 aromatic heterocycles. The van der Waals surface area contributed by atoms with Crippen molar-refractivity contribution in [1.29, 1.82) is 0 Å². The van der Waals surface area contributed by atoms with E-state index >= 15 is 0 Å². The number of benzene rings is 2. The molecule has 4 rings (SSSR count). The van der Waals surface area contributed by atoms with Gasteiger partial charge in [-0.15, -0.1) is 0 Å². The van der Waals surface area contributed by atoms with E-state index < -0.39 is 0 Å². The van der Waals surface area contributed by atoms with Crippen LogP contribution in [0.5, 0.6) is 11.8 Å². The zero-order valence-electron chi connectivity index (χ0n) is 21.2. The monoisotopic (exact) mass is 484 g/mol. The van der Waals surface area contributed by atoms with Crippen LogP contribution in [0.3, 0.4) is 0 Å². The second kappa shape index (κ2) is 13.2. The molecule has 2 aromatic carbocycles. The van der Waals surface area contributed by atoms with Gasteiger partial charge >= 0.3 is 0 Å². The maximum Gasteiger partial charge on any atom is 0.224 e. The standard InChI is InChI=1S/C15H17NO2.C15H15NO2/c2*1-11-8-12(2)16-15(14(11)9-17)18-10-13-6-4-3-5-7-13/h3-8,17H,9-10H2,1-2H3;3-9H,10H2,1-2H3. The van der Waals surface area contributed by atoms with Crippen LogP contribution in [0.4, 0.5) is 0 Å². The summed E-state index contributed by atoms with van der Waals surface area (Å²) in [7, 11) is 0. The summed E-state index contributed by atoms with van der Waals surface area (Å²) in [5.41, 5.74) is 7.06. The topological polar surface area (TPSA) is 81.5 Å². The smallest absolute Gasteiger partial charge is 0.224 e. The van der Waals surface area contributed by atoms with Gasteiger partial charge in [0.25, 0.3) is 0 Å². The van der Waals surface area contributed by atoms with Crippen LogP contribution >= 0.6 is 0 Å². The molecule has 1 N–H and O–H groups in total. The van der Waals surface area contributed by atoms with Crippen molar-refractivity contribution >= 4 is 6.29 Å². The van der Waals surface area contributed by atoms with E-state index in [9.17, 15) is 9.90 Å². The predicted molar refractivity (Wildman–Crippen MR) is 140 cm³/mol. The van der Waals surface area contributed by atoms with Crippen LogP contribution in [0.2, 0.25) is 0 Å². The maximum atomic E-state index is 11.1. The molecule has 0 unspecified atom stereocenters. The highest BCUT2D eigenvalue weighted by Gasteiger charge is 2.10. The second-order valence-electron chi connectivity index (χ2n) is 8.49. The highest BCUT2D eigenvalue weighted by Crippen LogP contribution is 2.22. The molecule has 0 atom stereocenters. The summed E-state index contributed by atoms with van der Waals surface area (Å²) in [6.45, 7) is 8.47. The fourth-order valence-electron chi connectivity index (χ4n) is 3.66. The van der Waals surface area contributed by atoms with E-state index in [0.29, 0.717) is 30.5 Å². The number of aliphatic hydroxyl groups excluding tert-OH is 1. The average Bonchev–Trinajstić information content (AvgIpc) is 2.87. The van der Waals surface area contributed by atoms with Crippen LogP contribution in [-0.4, -0.2) is 21.4 Å². The lowest BCUT2D eigenvalue weighted by atomic mass is 10.1. The fourth-order valence-corrected chi connectivity index (χ4v) is 3.66. The molecule has 0 aliphatic heterocycles. The lowest BCUT2D eigenvalue weighted by molar-refractivity contribution is 0.111. The van der Waals surface area contributed by atoms with Crippen LogP contribution in [0, 0.1) is 27.7 Å². The molecular formula is C30H32N2O4.